The van der Waals surface area contributed by atoms with Crippen molar-refractivity contribution < 1.29 is 14.3 Å². The minimum Gasteiger partial charge on any atom is -0.492 e. The minimum absolute atomic E-state index is 0.00723. The number of hydrogen-bond acceptors (Lipinski definition) is 4. The van der Waals surface area contributed by atoms with Crippen LogP contribution in [0.15, 0.2) is 76.8 Å². The van der Waals surface area contributed by atoms with Gasteiger partial charge in [0.15, 0.2) is 0 Å². The standard InChI is InChI=1S/C26H22BrClN2O3/c1-2-13-32-25-12-5-19(15-24(25)27)14-20(16-29)26(31)30-22-8-10-23(11-9-22)33-17-18-3-6-21(28)7-4-18/h3-12,14-15H,2,13,17H2,1H3,(H,30,31)/b20-14+. The Morgan fingerprint density at radius 3 is 2.45 bits per heavy atom. The smallest absolute Gasteiger partial charge is 0.266 e. The molecule has 0 aliphatic carbocycles. The van der Waals surface area contributed by atoms with Crippen LogP contribution in [0.2, 0.25) is 5.02 Å². The first-order chi connectivity index (χ1) is 16.0. The van der Waals surface area contributed by atoms with Gasteiger partial charge in [0.25, 0.3) is 5.91 Å². The fraction of sp³-hybridized carbons (Fsp3) is 0.154. The van der Waals surface area contributed by atoms with E-state index < -0.39 is 5.91 Å². The van der Waals surface area contributed by atoms with E-state index in [2.05, 4.69) is 21.2 Å². The van der Waals surface area contributed by atoms with Crippen molar-refractivity contribution in [2.24, 2.45) is 0 Å². The molecule has 0 aromatic heterocycles. The van der Waals surface area contributed by atoms with Gasteiger partial charge in [-0.2, -0.15) is 5.26 Å². The number of rotatable bonds is 9. The fourth-order valence-electron chi connectivity index (χ4n) is 2.83. The van der Waals surface area contributed by atoms with Gasteiger partial charge in [0, 0.05) is 10.7 Å². The van der Waals surface area contributed by atoms with Crippen molar-refractivity contribution in [2.45, 2.75) is 20.0 Å². The highest BCUT2D eigenvalue weighted by Crippen LogP contribution is 2.27. The maximum absolute atomic E-state index is 12.6. The molecule has 0 saturated heterocycles. The predicted molar refractivity (Wildman–Crippen MR) is 134 cm³/mol. The summed E-state index contributed by atoms with van der Waals surface area (Å²) < 4.78 is 12.1. The van der Waals surface area contributed by atoms with E-state index in [0.717, 1.165) is 22.2 Å². The molecular formula is C26H22BrClN2O3. The Hall–Kier alpha value is -3.27. The monoisotopic (exact) mass is 524 g/mol. The van der Waals surface area contributed by atoms with Crippen LogP contribution in [-0.2, 0) is 11.4 Å². The number of carbonyl (C=O) groups is 1. The molecule has 1 N–H and O–H groups in total. The van der Waals surface area contributed by atoms with Gasteiger partial charge >= 0.3 is 0 Å². The number of nitrogens with one attached hydrogen (secondary N) is 1. The van der Waals surface area contributed by atoms with Gasteiger partial charge in [-0.15, -0.1) is 0 Å². The van der Waals surface area contributed by atoms with Crippen molar-refractivity contribution in [2.75, 3.05) is 11.9 Å². The first-order valence-corrected chi connectivity index (χ1v) is 11.5. The van der Waals surface area contributed by atoms with Gasteiger partial charge < -0.3 is 14.8 Å². The van der Waals surface area contributed by atoms with Crippen molar-refractivity contribution in [3.8, 4) is 17.6 Å². The van der Waals surface area contributed by atoms with Crippen molar-refractivity contribution in [3.63, 3.8) is 0 Å². The second-order valence-electron chi connectivity index (χ2n) is 7.10. The van der Waals surface area contributed by atoms with E-state index in [1.165, 1.54) is 6.08 Å². The Morgan fingerprint density at radius 1 is 1.09 bits per heavy atom. The Morgan fingerprint density at radius 2 is 1.82 bits per heavy atom. The molecule has 33 heavy (non-hydrogen) atoms. The van der Waals surface area contributed by atoms with E-state index in [4.69, 9.17) is 21.1 Å². The molecule has 0 aliphatic heterocycles. The summed E-state index contributed by atoms with van der Waals surface area (Å²) in [6.07, 6.45) is 2.44. The van der Waals surface area contributed by atoms with E-state index in [-0.39, 0.29) is 5.57 Å². The third-order valence-corrected chi connectivity index (χ3v) is 5.40. The molecule has 0 spiro atoms. The van der Waals surface area contributed by atoms with Crippen LogP contribution in [0.25, 0.3) is 6.08 Å². The molecule has 0 unspecified atom stereocenters. The van der Waals surface area contributed by atoms with Crippen LogP contribution < -0.4 is 14.8 Å². The average Bonchev–Trinajstić information content (AvgIpc) is 2.82. The van der Waals surface area contributed by atoms with Crippen LogP contribution >= 0.6 is 27.5 Å². The van der Waals surface area contributed by atoms with Gasteiger partial charge in [-0.1, -0.05) is 36.7 Å². The summed E-state index contributed by atoms with van der Waals surface area (Å²) in [5.74, 6) is 0.888. The zero-order valence-electron chi connectivity index (χ0n) is 18.0. The van der Waals surface area contributed by atoms with Crippen LogP contribution in [0.3, 0.4) is 0 Å². The molecule has 0 heterocycles. The fourth-order valence-corrected chi connectivity index (χ4v) is 3.47. The summed E-state index contributed by atoms with van der Waals surface area (Å²) >= 11 is 9.35. The largest absolute Gasteiger partial charge is 0.492 e. The molecule has 5 nitrogen and oxygen atoms in total. The first kappa shape index (κ1) is 24.4. The van der Waals surface area contributed by atoms with E-state index in [0.29, 0.717) is 35.2 Å². The molecule has 0 bridgehead atoms. The van der Waals surface area contributed by atoms with Crippen LogP contribution in [0, 0.1) is 11.3 Å². The van der Waals surface area contributed by atoms with Gasteiger partial charge in [-0.05, 0) is 88.1 Å². The number of benzene rings is 3. The number of nitrogens with zero attached hydrogens (tertiary/aromatic N) is 1. The Labute approximate surface area is 206 Å². The highest BCUT2D eigenvalue weighted by atomic mass is 79.9. The average molecular weight is 526 g/mol. The second kappa shape index (κ2) is 12.1. The van der Waals surface area contributed by atoms with Gasteiger partial charge in [0.05, 0.1) is 11.1 Å². The van der Waals surface area contributed by atoms with Crippen LogP contribution in [-0.4, -0.2) is 12.5 Å². The van der Waals surface area contributed by atoms with Gasteiger partial charge in [-0.25, -0.2) is 0 Å². The third kappa shape index (κ3) is 7.38. The number of ether oxygens (including phenoxy) is 2. The number of hydrogen-bond donors (Lipinski definition) is 1. The maximum Gasteiger partial charge on any atom is 0.266 e. The Kier molecular flexibility index (Phi) is 8.94. The molecule has 0 aliphatic rings. The van der Waals surface area contributed by atoms with Crippen molar-refractivity contribution >= 4 is 45.2 Å². The highest BCUT2D eigenvalue weighted by Gasteiger charge is 2.11. The molecule has 0 fully saturated rings. The molecule has 0 atom stereocenters. The van der Waals surface area contributed by atoms with E-state index in [9.17, 15) is 10.1 Å². The van der Waals surface area contributed by atoms with Crippen molar-refractivity contribution in [1.29, 1.82) is 5.26 Å². The molecule has 3 rings (SSSR count). The van der Waals surface area contributed by atoms with E-state index in [1.54, 1.807) is 36.4 Å². The van der Waals surface area contributed by atoms with Gasteiger partial charge in [0.1, 0.15) is 29.7 Å². The molecule has 1 amide bonds. The van der Waals surface area contributed by atoms with Crippen LogP contribution in [0.1, 0.15) is 24.5 Å². The zero-order chi connectivity index (χ0) is 23.6. The number of carbonyl (C=O) groups excluding carboxylic acids is 1. The summed E-state index contributed by atoms with van der Waals surface area (Å²) in [6, 6.07) is 21.8. The molecular weight excluding hydrogens is 504 g/mol. The Bertz CT molecular complexity index is 1170. The van der Waals surface area contributed by atoms with E-state index >= 15 is 0 Å². The number of anilines is 1. The quantitative estimate of drug-likeness (QED) is 0.241. The summed E-state index contributed by atoms with van der Waals surface area (Å²) in [4.78, 5) is 12.6. The normalized spacial score (nSPS) is 10.9. The summed E-state index contributed by atoms with van der Waals surface area (Å²) in [5.41, 5.74) is 2.26. The molecule has 0 saturated carbocycles. The molecule has 3 aromatic carbocycles. The number of halogens is 2. The minimum atomic E-state index is -0.491. The van der Waals surface area contributed by atoms with Crippen LogP contribution in [0.5, 0.6) is 11.5 Å². The second-order valence-corrected chi connectivity index (χ2v) is 8.39. The van der Waals surface area contributed by atoms with Crippen molar-refractivity contribution in [1.82, 2.24) is 0 Å². The molecule has 3 aromatic rings. The molecule has 7 heteroatoms. The number of amides is 1. The number of nitriles is 1. The molecule has 168 valence electrons. The van der Waals surface area contributed by atoms with Crippen molar-refractivity contribution in [3.05, 3.63) is 92.9 Å². The summed E-state index contributed by atoms with van der Waals surface area (Å²) in [5, 5.41) is 12.9. The Balaban J connectivity index is 1.61. The lowest BCUT2D eigenvalue weighted by molar-refractivity contribution is -0.112. The van der Waals surface area contributed by atoms with Gasteiger partial charge in [0.2, 0.25) is 0 Å². The first-order valence-electron chi connectivity index (χ1n) is 10.3. The topological polar surface area (TPSA) is 71.3 Å². The SMILES string of the molecule is CCCOc1ccc(/C=C(\C#N)C(=O)Nc2ccc(OCc3ccc(Cl)cc3)cc2)cc1Br. The lowest BCUT2D eigenvalue weighted by atomic mass is 10.1. The lowest BCUT2D eigenvalue weighted by Crippen LogP contribution is -2.13. The third-order valence-electron chi connectivity index (χ3n) is 4.52. The molecule has 0 radical (unpaired) electrons. The summed E-state index contributed by atoms with van der Waals surface area (Å²) in [6.45, 7) is 3.05. The lowest BCUT2D eigenvalue weighted by Gasteiger charge is -2.09. The zero-order valence-corrected chi connectivity index (χ0v) is 20.3. The maximum atomic E-state index is 12.6. The van der Waals surface area contributed by atoms with Crippen LogP contribution in [0.4, 0.5) is 5.69 Å². The predicted octanol–water partition coefficient (Wildman–Crippen LogP) is 7.02. The van der Waals surface area contributed by atoms with Gasteiger partial charge in [-0.3, -0.25) is 4.79 Å². The summed E-state index contributed by atoms with van der Waals surface area (Å²) in [7, 11) is 0. The van der Waals surface area contributed by atoms with E-state index in [1.807, 2.05) is 43.3 Å². The highest BCUT2D eigenvalue weighted by molar-refractivity contribution is 9.10.